The van der Waals surface area contributed by atoms with Crippen LogP contribution < -0.4 is 14.8 Å². The van der Waals surface area contributed by atoms with Gasteiger partial charge in [-0.05, 0) is 49.4 Å². The van der Waals surface area contributed by atoms with Gasteiger partial charge in [-0.2, -0.15) is 0 Å². The molecule has 0 aliphatic heterocycles. The van der Waals surface area contributed by atoms with Gasteiger partial charge in [0.2, 0.25) is 0 Å². The van der Waals surface area contributed by atoms with Crippen LogP contribution in [0.3, 0.4) is 0 Å². The minimum atomic E-state index is -0.251. The summed E-state index contributed by atoms with van der Waals surface area (Å²) in [5.74, 6) is 0.822. The zero-order valence-corrected chi connectivity index (χ0v) is 18.2. The van der Waals surface area contributed by atoms with Crippen molar-refractivity contribution in [3.8, 4) is 11.5 Å². The van der Waals surface area contributed by atoms with Gasteiger partial charge in [0.15, 0.2) is 11.5 Å². The molecule has 0 atom stereocenters. The lowest BCUT2D eigenvalue weighted by atomic mass is 10.1. The Bertz CT molecular complexity index is 1420. The first-order valence-electron chi connectivity index (χ1n) is 10.5. The van der Waals surface area contributed by atoms with Crippen LogP contribution in [0, 0.1) is 0 Å². The Morgan fingerprint density at radius 1 is 1.09 bits per heavy atom. The van der Waals surface area contributed by atoms with Crippen molar-refractivity contribution in [3.63, 3.8) is 0 Å². The number of carbonyl (C=O) groups is 1. The minimum absolute atomic E-state index is 0.251. The molecule has 0 bridgehead atoms. The van der Waals surface area contributed by atoms with E-state index >= 15 is 0 Å². The van der Waals surface area contributed by atoms with Crippen molar-refractivity contribution in [2.24, 2.45) is 0 Å². The number of fused-ring (bicyclic) bond motifs is 2. The second kappa shape index (κ2) is 8.62. The molecule has 1 amide bonds. The van der Waals surface area contributed by atoms with Crippen molar-refractivity contribution < 1.29 is 14.3 Å². The van der Waals surface area contributed by atoms with Crippen LogP contribution >= 0.6 is 0 Å². The van der Waals surface area contributed by atoms with E-state index in [1.54, 1.807) is 42.1 Å². The second-order valence-electron chi connectivity index (χ2n) is 7.42. The summed E-state index contributed by atoms with van der Waals surface area (Å²) in [5.41, 5.74) is 4.28. The third-order valence-electron chi connectivity index (χ3n) is 5.29. The van der Waals surface area contributed by atoms with Crippen LogP contribution in [0.5, 0.6) is 11.5 Å². The molecule has 9 nitrogen and oxygen atoms in total. The van der Waals surface area contributed by atoms with Gasteiger partial charge in [0.1, 0.15) is 17.8 Å². The van der Waals surface area contributed by atoms with Crippen molar-refractivity contribution >= 4 is 28.3 Å². The van der Waals surface area contributed by atoms with Gasteiger partial charge >= 0.3 is 0 Å². The molecular weight excluding hydrogens is 420 g/mol. The lowest BCUT2D eigenvalue weighted by Gasteiger charge is -2.12. The van der Waals surface area contributed by atoms with Crippen LogP contribution in [0.4, 0.5) is 5.69 Å². The predicted octanol–water partition coefficient (Wildman–Crippen LogP) is 3.94. The highest BCUT2D eigenvalue weighted by atomic mass is 16.5. The largest absolute Gasteiger partial charge is 0.493 e. The molecule has 0 aliphatic carbocycles. The monoisotopic (exact) mass is 442 g/mol. The topological polar surface area (TPSA) is 95.6 Å². The van der Waals surface area contributed by atoms with Crippen LogP contribution in [0.25, 0.3) is 16.7 Å². The Hall–Kier alpha value is -4.40. The summed E-state index contributed by atoms with van der Waals surface area (Å²) in [6, 6.07) is 16.4. The van der Waals surface area contributed by atoms with Crippen LogP contribution in [0.2, 0.25) is 0 Å². The smallest absolute Gasteiger partial charge is 0.255 e. The highest BCUT2D eigenvalue weighted by Crippen LogP contribution is 2.31. The number of hydrogen-bond donors (Lipinski definition) is 1. The Labute approximate surface area is 189 Å². The van der Waals surface area contributed by atoms with Gasteiger partial charge in [-0.3, -0.25) is 4.79 Å². The first-order chi connectivity index (χ1) is 16.1. The van der Waals surface area contributed by atoms with Crippen LogP contribution in [0.1, 0.15) is 23.0 Å². The molecule has 5 aromatic rings. The number of carbonyl (C=O) groups excluding carboxylic acids is 1. The third kappa shape index (κ3) is 4.08. The lowest BCUT2D eigenvalue weighted by molar-refractivity contribution is 0.102. The number of pyridine rings is 1. The van der Waals surface area contributed by atoms with Gasteiger partial charge < -0.3 is 19.2 Å². The number of imidazole rings is 1. The van der Waals surface area contributed by atoms with E-state index in [2.05, 4.69) is 20.6 Å². The van der Waals surface area contributed by atoms with Crippen LogP contribution in [0.15, 0.2) is 67.0 Å². The fourth-order valence-corrected chi connectivity index (χ4v) is 3.63. The molecule has 1 N–H and O–H groups in total. The maximum atomic E-state index is 12.8. The van der Waals surface area contributed by atoms with E-state index in [4.69, 9.17) is 9.47 Å². The zero-order chi connectivity index (χ0) is 22.8. The Balaban J connectivity index is 1.33. The van der Waals surface area contributed by atoms with E-state index in [-0.39, 0.29) is 12.5 Å². The van der Waals surface area contributed by atoms with E-state index in [9.17, 15) is 4.79 Å². The van der Waals surface area contributed by atoms with Crippen LogP contribution in [-0.4, -0.2) is 37.4 Å². The SMILES string of the molecule is CCn1nnc2cc(C(=O)Nc3ccc(OC)c(OCc4cn5ccccc5n4)c3)ccc21. The highest BCUT2D eigenvalue weighted by molar-refractivity contribution is 6.06. The van der Waals surface area contributed by atoms with Crippen molar-refractivity contribution in [3.05, 3.63) is 78.2 Å². The van der Waals surface area contributed by atoms with E-state index < -0.39 is 0 Å². The lowest BCUT2D eigenvalue weighted by Crippen LogP contribution is -2.12. The van der Waals surface area contributed by atoms with Gasteiger partial charge in [0.05, 0.1) is 18.3 Å². The number of nitrogens with one attached hydrogen (secondary N) is 1. The molecule has 0 fully saturated rings. The normalized spacial score (nSPS) is 11.1. The summed E-state index contributed by atoms with van der Waals surface area (Å²) in [6.07, 6.45) is 3.85. The average molecular weight is 442 g/mol. The molecule has 0 radical (unpaired) electrons. The maximum Gasteiger partial charge on any atom is 0.255 e. The fourth-order valence-electron chi connectivity index (χ4n) is 3.63. The van der Waals surface area contributed by atoms with Gasteiger partial charge in [0, 0.05) is 36.3 Å². The molecular formula is C24H22N6O3. The number of anilines is 1. The Kier molecular flexibility index (Phi) is 5.35. The number of nitrogens with zero attached hydrogens (tertiary/aromatic N) is 5. The molecule has 0 saturated carbocycles. The molecule has 3 aromatic heterocycles. The van der Waals surface area contributed by atoms with Gasteiger partial charge in [-0.15, -0.1) is 5.10 Å². The van der Waals surface area contributed by atoms with Gasteiger partial charge in [-0.1, -0.05) is 11.3 Å². The summed E-state index contributed by atoms with van der Waals surface area (Å²) in [6.45, 7) is 2.97. The predicted molar refractivity (Wildman–Crippen MR) is 124 cm³/mol. The summed E-state index contributed by atoms with van der Waals surface area (Å²) in [5, 5.41) is 11.1. The Morgan fingerprint density at radius 3 is 2.82 bits per heavy atom. The van der Waals surface area contributed by atoms with Crippen LogP contribution in [-0.2, 0) is 13.2 Å². The average Bonchev–Trinajstić information content (AvgIpc) is 3.45. The quantitative estimate of drug-likeness (QED) is 0.410. The number of aryl methyl sites for hydroxylation is 1. The van der Waals surface area contributed by atoms with Gasteiger partial charge in [-0.25, -0.2) is 9.67 Å². The molecule has 0 aliphatic rings. The summed E-state index contributed by atoms with van der Waals surface area (Å²) >= 11 is 0. The minimum Gasteiger partial charge on any atom is -0.493 e. The van der Waals surface area contributed by atoms with E-state index in [1.807, 2.05) is 48.0 Å². The van der Waals surface area contributed by atoms with Crippen molar-refractivity contribution in [1.82, 2.24) is 24.4 Å². The highest BCUT2D eigenvalue weighted by Gasteiger charge is 2.13. The number of aromatic nitrogens is 5. The molecule has 166 valence electrons. The Morgan fingerprint density at radius 2 is 2.00 bits per heavy atom. The molecule has 5 rings (SSSR count). The summed E-state index contributed by atoms with van der Waals surface area (Å²) in [4.78, 5) is 17.4. The number of ether oxygens (including phenoxy) is 2. The van der Waals surface area contributed by atoms with Crippen molar-refractivity contribution in [2.45, 2.75) is 20.1 Å². The molecule has 9 heteroatoms. The number of hydrogen-bond acceptors (Lipinski definition) is 6. The van der Waals surface area contributed by atoms with E-state index in [0.29, 0.717) is 34.8 Å². The molecule has 0 unspecified atom stereocenters. The maximum absolute atomic E-state index is 12.8. The molecule has 3 heterocycles. The molecule has 0 saturated heterocycles. The van der Waals surface area contributed by atoms with Crippen molar-refractivity contribution in [2.75, 3.05) is 12.4 Å². The van der Waals surface area contributed by atoms with E-state index in [1.165, 1.54) is 0 Å². The summed E-state index contributed by atoms with van der Waals surface area (Å²) in [7, 11) is 1.57. The summed E-state index contributed by atoms with van der Waals surface area (Å²) < 4.78 is 15.1. The van der Waals surface area contributed by atoms with Gasteiger partial charge in [0.25, 0.3) is 5.91 Å². The first kappa shape index (κ1) is 20.5. The molecule has 2 aromatic carbocycles. The second-order valence-corrected chi connectivity index (χ2v) is 7.42. The molecule has 33 heavy (non-hydrogen) atoms. The van der Waals surface area contributed by atoms with E-state index in [0.717, 1.165) is 16.9 Å². The third-order valence-corrected chi connectivity index (χ3v) is 5.29. The number of benzene rings is 2. The fraction of sp³-hybridized carbons (Fsp3) is 0.167. The first-order valence-corrected chi connectivity index (χ1v) is 10.5. The number of amides is 1. The van der Waals surface area contributed by atoms with Crippen molar-refractivity contribution in [1.29, 1.82) is 0 Å². The number of rotatable bonds is 7. The molecule has 0 spiro atoms. The standard InChI is InChI=1S/C24H22N6O3/c1-3-30-20-9-7-16(12-19(20)27-28-30)24(31)26-17-8-10-21(32-2)22(13-17)33-15-18-14-29-11-5-4-6-23(29)25-18/h4-14H,3,15H2,1-2H3,(H,26,31). The number of methoxy groups -OCH3 is 1. The zero-order valence-electron chi connectivity index (χ0n) is 18.2.